The Morgan fingerprint density at radius 3 is 2.81 bits per heavy atom. The van der Waals surface area contributed by atoms with Crippen molar-refractivity contribution in [3.05, 3.63) is 52.8 Å². The van der Waals surface area contributed by atoms with Crippen molar-refractivity contribution < 1.29 is 18.7 Å². The van der Waals surface area contributed by atoms with Crippen molar-refractivity contribution >= 4 is 39.2 Å². The van der Waals surface area contributed by atoms with E-state index in [9.17, 15) is 14.0 Å². The fraction of sp³-hybridized carbons (Fsp3) is 0.263. The minimum absolute atomic E-state index is 0.0292. The Labute approximate surface area is 164 Å². The number of amides is 3. The van der Waals surface area contributed by atoms with Gasteiger partial charge >= 0.3 is 6.03 Å². The van der Waals surface area contributed by atoms with Gasteiger partial charge in [0.25, 0.3) is 5.91 Å². The van der Waals surface area contributed by atoms with Gasteiger partial charge in [-0.15, -0.1) is 0 Å². The van der Waals surface area contributed by atoms with E-state index >= 15 is 0 Å². The van der Waals surface area contributed by atoms with Crippen molar-refractivity contribution in [2.75, 3.05) is 16.8 Å². The van der Waals surface area contributed by atoms with Crippen molar-refractivity contribution in [2.45, 2.75) is 26.0 Å². The monoisotopic (exact) mass is 435 g/mol. The quantitative estimate of drug-likeness (QED) is 0.747. The smallest absolute Gasteiger partial charge is 0.322 e. The van der Waals surface area contributed by atoms with Gasteiger partial charge in [-0.2, -0.15) is 0 Å². The van der Waals surface area contributed by atoms with Gasteiger partial charge in [0.05, 0.1) is 10.5 Å². The maximum atomic E-state index is 13.2. The van der Waals surface area contributed by atoms with E-state index in [0.717, 1.165) is 0 Å². The van der Waals surface area contributed by atoms with E-state index in [1.807, 2.05) is 13.0 Å². The number of carbonyl (C=O) groups is 2. The molecule has 0 radical (unpaired) electrons. The zero-order valence-electron chi connectivity index (χ0n) is 14.8. The Balaban J connectivity index is 1.68. The molecule has 27 heavy (non-hydrogen) atoms. The fourth-order valence-electron chi connectivity index (χ4n) is 2.78. The highest BCUT2D eigenvalue weighted by atomic mass is 79.9. The largest absolute Gasteiger partial charge is 0.480 e. The molecule has 0 unspecified atom stereocenters. The molecule has 2 aromatic rings. The molecule has 0 aliphatic carbocycles. The topological polar surface area (TPSA) is 70.7 Å². The summed E-state index contributed by atoms with van der Waals surface area (Å²) in [7, 11) is 0. The lowest BCUT2D eigenvalue weighted by Crippen LogP contribution is -2.32. The first-order valence-corrected chi connectivity index (χ1v) is 9.24. The number of anilines is 2. The third kappa shape index (κ3) is 4.39. The lowest BCUT2D eigenvalue weighted by atomic mass is 10.2. The Bertz CT molecular complexity index is 877. The van der Waals surface area contributed by atoms with E-state index in [1.165, 1.54) is 18.2 Å². The fourth-order valence-corrected chi connectivity index (χ4v) is 3.22. The highest BCUT2D eigenvalue weighted by Crippen LogP contribution is 2.27. The third-order valence-electron chi connectivity index (χ3n) is 4.17. The molecule has 0 spiro atoms. The molecule has 0 bridgehead atoms. The first-order valence-electron chi connectivity index (χ1n) is 8.45. The van der Waals surface area contributed by atoms with Crippen LogP contribution in [0.25, 0.3) is 0 Å². The van der Waals surface area contributed by atoms with Crippen molar-refractivity contribution in [1.29, 1.82) is 0 Å². The highest BCUT2D eigenvalue weighted by molar-refractivity contribution is 9.10. The number of urea groups is 1. The maximum absolute atomic E-state index is 13.2. The Hall–Kier alpha value is -2.61. The molecule has 6 nitrogen and oxygen atoms in total. The molecule has 142 valence electrons. The van der Waals surface area contributed by atoms with Crippen LogP contribution in [-0.2, 0) is 4.79 Å². The number of rotatable bonds is 5. The van der Waals surface area contributed by atoms with Gasteiger partial charge in [0.2, 0.25) is 0 Å². The molecule has 3 amide bonds. The van der Waals surface area contributed by atoms with Gasteiger partial charge in [-0.05, 0) is 66.2 Å². The summed E-state index contributed by atoms with van der Waals surface area (Å²) in [6.45, 7) is 4.12. The summed E-state index contributed by atoms with van der Waals surface area (Å²) < 4.78 is 19.2. The molecule has 1 aliphatic rings. The number of ether oxygens (including phenoxy) is 1. The van der Waals surface area contributed by atoms with E-state index in [-0.39, 0.29) is 18.0 Å². The number of carbonyl (C=O) groups excluding carboxylic acids is 2. The molecule has 1 heterocycles. The summed E-state index contributed by atoms with van der Waals surface area (Å²) in [5.41, 5.74) is 1.25. The van der Waals surface area contributed by atoms with Gasteiger partial charge in [0.15, 0.2) is 6.10 Å². The third-order valence-corrected chi connectivity index (χ3v) is 4.79. The number of benzene rings is 2. The molecule has 2 N–H and O–H groups in total. The van der Waals surface area contributed by atoms with E-state index in [0.29, 0.717) is 28.1 Å². The van der Waals surface area contributed by atoms with Gasteiger partial charge < -0.3 is 15.4 Å². The molecule has 1 aliphatic heterocycles. The van der Waals surface area contributed by atoms with Gasteiger partial charge in [0, 0.05) is 17.9 Å². The van der Waals surface area contributed by atoms with Crippen LogP contribution < -0.4 is 20.3 Å². The number of halogens is 2. The van der Waals surface area contributed by atoms with Crippen molar-refractivity contribution in [3.8, 4) is 5.75 Å². The summed E-state index contributed by atoms with van der Waals surface area (Å²) >= 11 is 3.21. The first kappa shape index (κ1) is 19.2. The standard InChI is InChI=1S/C19H19BrFN3O3/c1-11-10-22-19(26)24(11)15-5-3-4-14(9-15)23-18(25)12(2)27-17-7-6-13(21)8-16(17)20/h3-9,11-12H,10H2,1-2H3,(H,22,26)(H,23,25)/t11-,12-/m0/s1. The molecule has 0 saturated carbocycles. The molecule has 1 fully saturated rings. The average molecular weight is 436 g/mol. The lowest BCUT2D eigenvalue weighted by molar-refractivity contribution is -0.122. The summed E-state index contributed by atoms with van der Waals surface area (Å²) in [5, 5.41) is 5.56. The minimum atomic E-state index is -0.801. The molecule has 1 saturated heterocycles. The molecule has 2 atom stereocenters. The van der Waals surface area contributed by atoms with Crippen LogP contribution in [0.15, 0.2) is 46.9 Å². The molecule has 0 aromatic heterocycles. The van der Waals surface area contributed by atoms with Crippen molar-refractivity contribution in [2.24, 2.45) is 0 Å². The van der Waals surface area contributed by atoms with Crippen LogP contribution in [0.5, 0.6) is 5.75 Å². The molecular formula is C19H19BrFN3O3. The maximum Gasteiger partial charge on any atom is 0.322 e. The normalized spacial score (nSPS) is 17.4. The molecule has 3 rings (SSSR count). The van der Waals surface area contributed by atoms with Crippen LogP contribution in [0, 0.1) is 5.82 Å². The predicted molar refractivity (Wildman–Crippen MR) is 105 cm³/mol. The second-order valence-corrected chi connectivity index (χ2v) is 7.13. The highest BCUT2D eigenvalue weighted by Gasteiger charge is 2.28. The summed E-state index contributed by atoms with van der Waals surface area (Å²) in [4.78, 5) is 26.0. The van der Waals surface area contributed by atoms with Crippen LogP contribution in [0.4, 0.5) is 20.6 Å². The second kappa shape index (κ2) is 7.96. The van der Waals surface area contributed by atoms with Crippen LogP contribution in [0.2, 0.25) is 0 Å². The average Bonchev–Trinajstić information content (AvgIpc) is 2.96. The summed E-state index contributed by atoms with van der Waals surface area (Å²) in [6, 6.07) is 10.9. The molecule has 8 heteroatoms. The van der Waals surface area contributed by atoms with E-state index in [4.69, 9.17) is 4.74 Å². The summed E-state index contributed by atoms with van der Waals surface area (Å²) in [6.07, 6.45) is -0.801. The van der Waals surface area contributed by atoms with E-state index < -0.39 is 11.9 Å². The molecule has 2 aromatic carbocycles. The van der Waals surface area contributed by atoms with Crippen LogP contribution in [-0.4, -0.2) is 30.6 Å². The second-order valence-electron chi connectivity index (χ2n) is 6.28. The number of nitrogens with one attached hydrogen (secondary N) is 2. The van der Waals surface area contributed by atoms with E-state index in [1.54, 1.807) is 30.0 Å². The van der Waals surface area contributed by atoms with Crippen LogP contribution in [0.1, 0.15) is 13.8 Å². The van der Waals surface area contributed by atoms with Crippen molar-refractivity contribution in [3.63, 3.8) is 0 Å². The van der Waals surface area contributed by atoms with Gasteiger partial charge in [-0.1, -0.05) is 6.07 Å². The van der Waals surface area contributed by atoms with Crippen molar-refractivity contribution in [1.82, 2.24) is 5.32 Å². The predicted octanol–water partition coefficient (Wildman–Crippen LogP) is 3.91. The SMILES string of the molecule is C[C@H](Oc1ccc(F)cc1Br)C(=O)Nc1cccc(N2C(=O)NC[C@@H]2C)c1. The zero-order valence-corrected chi connectivity index (χ0v) is 16.4. The number of nitrogens with zero attached hydrogens (tertiary/aromatic N) is 1. The minimum Gasteiger partial charge on any atom is -0.480 e. The Morgan fingerprint density at radius 2 is 2.15 bits per heavy atom. The first-order chi connectivity index (χ1) is 12.8. The number of hydrogen-bond donors (Lipinski definition) is 2. The Morgan fingerprint density at radius 1 is 1.37 bits per heavy atom. The zero-order chi connectivity index (χ0) is 19.6. The van der Waals surface area contributed by atoms with Gasteiger partial charge in [-0.25, -0.2) is 9.18 Å². The van der Waals surface area contributed by atoms with Crippen LogP contribution >= 0.6 is 15.9 Å². The van der Waals surface area contributed by atoms with Gasteiger partial charge in [-0.3, -0.25) is 9.69 Å². The number of hydrogen-bond acceptors (Lipinski definition) is 3. The lowest BCUT2D eigenvalue weighted by Gasteiger charge is -2.21. The molecular weight excluding hydrogens is 417 g/mol. The summed E-state index contributed by atoms with van der Waals surface area (Å²) in [5.74, 6) is -0.388. The Kier molecular flexibility index (Phi) is 5.65. The van der Waals surface area contributed by atoms with E-state index in [2.05, 4.69) is 26.6 Å². The van der Waals surface area contributed by atoms with Gasteiger partial charge in [0.1, 0.15) is 11.6 Å². The van der Waals surface area contributed by atoms with Crippen LogP contribution in [0.3, 0.4) is 0 Å².